The largest absolute Gasteiger partial charge is 0.466 e. The van der Waals surface area contributed by atoms with Crippen LogP contribution in [0.2, 0.25) is 0 Å². The maximum absolute atomic E-state index is 11.8. The highest BCUT2D eigenvalue weighted by Crippen LogP contribution is 2.16. The van der Waals surface area contributed by atoms with Crippen molar-refractivity contribution in [3.63, 3.8) is 0 Å². The van der Waals surface area contributed by atoms with Crippen LogP contribution in [0.15, 0.2) is 42.5 Å². The highest BCUT2D eigenvalue weighted by atomic mass is 16.5. The number of hydrogen-bond donors (Lipinski definition) is 0. The second-order valence-electron chi connectivity index (χ2n) is 6.12. The van der Waals surface area contributed by atoms with Gasteiger partial charge in [-0.1, -0.05) is 62.6 Å². The molecule has 0 aliphatic rings. The second kappa shape index (κ2) is 10.5. The monoisotopic (exact) mass is 342 g/mol. The minimum Gasteiger partial charge on any atom is -0.466 e. The van der Waals surface area contributed by atoms with Crippen LogP contribution in [0, 0.1) is 0 Å². The summed E-state index contributed by atoms with van der Waals surface area (Å²) >= 11 is 0. The van der Waals surface area contributed by atoms with Crippen LogP contribution >= 0.6 is 0 Å². The van der Waals surface area contributed by atoms with Crippen molar-refractivity contribution >= 4 is 22.7 Å². The summed E-state index contributed by atoms with van der Waals surface area (Å²) in [6.07, 6.45) is 4.38. The van der Waals surface area contributed by atoms with Crippen LogP contribution in [0.3, 0.4) is 0 Å². The quantitative estimate of drug-likeness (QED) is 0.460. The first-order valence-electron chi connectivity index (χ1n) is 8.98. The lowest BCUT2D eigenvalue weighted by Crippen LogP contribution is -2.11. The Labute approximate surface area is 149 Å². The molecular formula is C21H26O4. The first kappa shape index (κ1) is 19.0. The van der Waals surface area contributed by atoms with E-state index in [1.165, 1.54) is 0 Å². The summed E-state index contributed by atoms with van der Waals surface area (Å²) in [6.45, 7) is 2.79. The SMILES string of the molecule is CCCCCCOC(=O)CCC(=O)OCc1ccc2ccccc2c1. The van der Waals surface area contributed by atoms with Gasteiger partial charge in [0.05, 0.1) is 19.4 Å². The predicted octanol–water partition coefficient (Wildman–Crippen LogP) is 4.79. The maximum atomic E-state index is 11.8. The summed E-state index contributed by atoms with van der Waals surface area (Å²) in [5.74, 6) is -0.713. The molecule has 0 saturated heterocycles. The Balaban J connectivity index is 1.65. The van der Waals surface area contributed by atoms with Gasteiger partial charge in [-0.15, -0.1) is 0 Å². The summed E-state index contributed by atoms with van der Waals surface area (Å²) in [4.78, 5) is 23.3. The zero-order valence-electron chi connectivity index (χ0n) is 14.8. The average molecular weight is 342 g/mol. The van der Waals surface area contributed by atoms with Gasteiger partial charge in [0.15, 0.2) is 0 Å². The number of ether oxygens (including phenoxy) is 2. The smallest absolute Gasteiger partial charge is 0.306 e. The zero-order chi connectivity index (χ0) is 17.9. The number of benzene rings is 2. The van der Waals surface area contributed by atoms with Gasteiger partial charge in [-0.25, -0.2) is 0 Å². The molecule has 2 rings (SSSR count). The van der Waals surface area contributed by atoms with Crippen molar-refractivity contribution in [1.82, 2.24) is 0 Å². The molecule has 0 bridgehead atoms. The van der Waals surface area contributed by atoms with E-state index < -0.39 is 0 Å². The fourth-order valence-electron chi connectivity index (χ4n) is 2.56. The molecule has 0 atom stereocenters. The Kier molecular flexibility index (Phi) is 7.96. The molecule has 0 aliphatic carbocycles. The lowest BCUT2D eigenvalue weighted by molar-refractivity contribution is -0.151. The van der Waals surface area contributed by atoms with Crippen molar-refractivity contribution in [3.8, 4) is 0 Å². The molecule has 0 amide bonds. The van der Waals surface area contributed by atoms with Crippen LogP contribution in [-0.2, 0) is 25.7 Å². The lowest BCUT2D eigenvalue weighted by Gasteiger charge is -2.07. The number of fused-ring (bicyclic) bond motifs is 1. The normalized spacial score (nSPS) is 10.6. The van der Waals surface area contributed by atoms with E-state index in [0.29, 0.717) is 6.61 Å². The van der Waals surface area contributed by atoms with E-state index in [2.05, 4.69) is 6.92 Å². The molecule has 25 heavy (non-hydrogen) atoms. The highest BCUT2D eigenvalue weighted by Gasteiger charge is 2.09. The minimum absolute atomic E-state index is 0.0569. The summed E-state index contributed by atoms with van der Waals surface area (Å²) in [6, 6.07) is 14.0. The van der Waals surface area contributed by atoms with Crippen molar-refractivity contribution in [2.45, 2.75) is 52.1 Å². The lowest BCUT2D eigenvalue weighted by atomic mass is 10.1. The predicted molar refractivity (Wildman–Crippen MR) is 98.1 cm³/mol. The molecule has 0 unspecified atom stereocenters. The first-order chi connectivity index (χ1) is 12.2. The van der Waals surface area contributed by atoms with Crippen LogP contribution in [0.25, 0.3) is 10.8 Å². The molecule has 2 aromatic rings. The number of rotatable bonds is 10. The molecule has 0 N–H and O–H groups in total. The van der Waals surface area contributed by atoms with Crippen LogP contribution in [0.1, 0.15) is 51.0 Å². The topological polar surface area (TPSA) is 52.6 Å². The molecule has 0 fully saturated rings. The van der Waals surface area contributed by atoms with Gasteiger partial charge in [0.2, 0.25) is 0 Å². The molecule has 2 aromatic carbocycles. The van der Waals surface area contributed by atoms with Gasteiger partial charge >= 0.3 is 11.9 Å². The Hall–Kier alpha value is -2.36. The Morgan fingerprint density at radius 1 is 0.840 bits per heavy atom. The molecular weight excluding hydrogens is 316 g/mol. The van der Waals surface area contributed by atoms with Gasteiger partial charge in [-0.05, 0) is 28.8 Å². The third-order valence-electron chi connectivity index (χ3n) is 4.01. The fraction of sp³-hybridized carbons (Fsp3) is 0.429. The third kappa shape index (κ3) is 6.96. The van der Waals surface area contributed by atoms with E-state index in [1.807, 2.05) is 42.5 Å². The number of hydrogen-bond acceptors (Lipinski definition) is 4. The number of esters is 2. The van der Waals surface area contributed by atoms with Crippen LogP contribution in [-0.4, -0.2) is 18.5 Å². The van der Waals surface area contributed by atoms with Crippen molar-refractivity contribution in [1.29, 1.82) is 0 Å². The van der Waals surface area contributed by atoms with Crippen LogP contribution in [0.5, 0.6) is 0 Å². The van der Waals surface area contributed by atoms with E-state index in [-0.39, 0.29) is 31.4 Å². The van der Waals surface area contributed by atoms with Gasteiger partial charge in [-0.3, -0.25) is 9.59 Å². The molecule has 0 heterocycles. The van der Waals surface area contributed by atoms with Crippen molar-refractivity contribution in [2.24, 2.45) is 0 Å². The zero-order valence-corrected chi connectivity index (χ0v) is 14.8. The van der Waals surface area contributed by atoms with Gasteiger partial charge in [-0.2, -0.15) is 0 Å². The van der Waals surface area contributed by atoms with Gasteiger partial charge in [0, 0.05) is 0 Å². The van der Waals surface area contributed by atoms with Crippen molar-refractivity contribution in [3.05, 3.63) is 48.0 Å². The molecule has 0 radical (unpaired) electrons. The summed E-state index contributed by atoms with van der Waals surface area (Å²) in [5.41, 5.74) is 0.936. The molecule has 0 spiro atoms. The van der Waals surface area contributed by atoms with E-state index in [4.69, 9.17) is 9.47 Å². The van der Waals surface area contributed by atoms with E-state index in [1.54, 1.807) is 0 Å². The molecule has 4 heteroatoms. The molecule has 0 aromatic heterocycles. The van der Waals surface area contributed by atoms with Gasteiger partial charge < -0.3 is 9.47 Å². The molecule has 0 saturated carbocycles. The first-order valence-corrected chi connectivity index (χ1v) is 8.98. The Morgan fingerprint density at radius 3 is 2.32 bits per heavy atom. The van der Waals surface area contributed by atoms with Crippen LogP contribution < -0.4 is 0 Å². The van der Waals surface area contributed by atoms with Crippen molar-refractivity contribution in [2.75, 3.05) is 6.61 Å². The minimum atomic E-state index is -0.379. The average Bonchev–Trinajstić information content (AvgIpc) is 2.64. The number of carbonyl (C=O) groups is 2. The fourth-order valence-corrected chi connectivity index (χ4v) is 2.56. The van der Waals surface area contributed by atoms with E-state index in [9.17, 15) is 9.59 Å². The summed E-state index contributed by atoms with van der Waals surface area (Å²) in [7, 11) is 0. The van der Waals surface area contributed by atoms with E-state index in [0.717, 1.165) is 42.0 Å². The molecule has 4 nitrogen and oxygen atoms in total. The van der Waals surface area contributed by atoms with Gasteiger partial charge in [0.25, 0.3) is 0 Å². The number of carbonyl (C=O) groups excluding carboxylic acids is 2. The highest BCUT2D eigenvalue weighted by molar-refractivity contribution is 5.83. The van der Waals surface area contributed by atoms with Crippen LogP contribution in [0.4, 0.5) is 0 Å². The standard InChI is InChI=1S/C21H26O4/c1-2-3-4-7-14-24-20(22)12-13-21(23)25-16-17-10-11-18-8-5-6-9-19(18)15-17/h5-6,8-11,15H,2-4,7,12-14,16H2,1H3. The molecule has 134 valence electrons. The summed E-state index contributed by atoms with van der Waals surface area (Å²) < 4.78 is 10.3. The third-order valence-corrected chi connectivity index (χ3v) is 4.01. The van der Waals surface area contributed by atoms with Crippen molar-refractivity contribution < 1.29 is 19.1 Å². The molecule has 0 aliphatic heterocycles. The Morgan fingerprint density at radius 2 is 1.56 bits per heavy atom. The van der Waals surface area contributed by atoms with Gasteiger partial charge in [0.1, 0.15) is 6.61 Å². The second-order valence-corrected chi connectivity index (χ2v) is 6.12. The van der Waals surface area contributed by atoms with E-state index >= 15 is 0 Å². The number of unbranched alkanes of at least 4 members (excludes halogenated alkanes) is 3. The summed E-state index contributed by atoms with van der Waals surface area (Å²) in [5, 5.41) is 2.27. The Bertz CT molecular complexity index is 693. The maximum Gasteiger partial charge on any atom is 0.306 e.